The summed E-state index contributed by atoms with van der Waals surface area (Å²) in [4.78, 5) is 28.0. The highest BCUT2D eigenvalue weighted by Crippen LogP contribution is 2.48. The van der Waals surface area contributed by atoms with E-state index in [0.29, 0.717) is 5.75 Å². The van der Waals surface area contributed by atoms with Gasteiger partial charge in [0.25, 0.3) is 0 Å². The predicted octanol–water partition coefficient (Wildman–Crippen LogP) is 1.96. The second kappa shape index (κ2) is 4.87. The summed E-state index contributed by atoms with van der Waals surface area (Å²) in [5.74, 6) is 0.0855. The van der Waals surface area contributed by atoms with Crippen molar-refractivity contribution in [2.45, 2.75) is 18.7 Å². The van der Waals surface area contributed by atoms with Gasteiger partial charge in [-0.2, -0.15) is 0 Å². The van der Waals surface area contributed by atoms with Crippen LogP contribution in [0.1, 0.15) is 18.5 Å². The molecule has 0 aromatic heterocycles. The van der Waals surface area contributed by atoms with Crippen molar-refractivity contribution in [1.29, 1.82) is 0 Å². The number of hydrogen-bond donors (Lipinski definition) is 1. The topological polar surface area (TPSA) is 61.9 Å². The lowest BCUT2D eigenvalue weighted by Crippen LogP contribution is -2.71. The third-order valence-electron chi connectivity index (χ3n) is 4.49. The van der Waals surface area contributed by atoms with Gasteiger partial charge in [-0.15, -0.1) is 0 Å². The number of fused-ring (bicyclic) bond motifs is 4. The van der Waals surface area contributed by atoms with E-state index in [1.54, 1.807) is 28.1 Å². The second-order valence-corrected chi connectivity index (χ2v) is 6.95. The monoisotopic (exact) mass is 367 g/mol. The highest BCUT2D eigenvalue weighted by molar-refractivity contribution is 9.10. The molecule has 2 heterocycles. The summed E-state index contributed by atoms with van der Waals surface area (Å²) >= 11 is 3.43. The number of carbonyl (C=O) groups excluding carboxylic acids is 2. The molecule has 2 bridgehead atoms. The molecular weight excluding hydrogens is 350 g/mol. The lowest BCUT2D eigenvalue weighted by atomic mass is 9.79. The van der Waals surface area contributed by atoms with Crippen LogP contribution in [0.15, 0.2) is 22.7 Å². The summed E-state index contributed by atoms with van der Waals surface area (Å²) in [6.07, 6.45) is 0. The second-order valence-electron chi connectivity index (χ2n) is 6.04. The number of hydrogen-bond acceptors (Lipinski definition) is 3. The summed E-state index contributed by atoms with van der Waals surface area (Å²) < 4.78 is 6.99. The number of carbonyl (C=O) groups is 2. The third-order valence-corrected chi connectivity index (χ3v) is 4.98. The predicted molar refractivity (Wildman–Crippen MR) is 84.4 cm³/mol. The van der Waals surface area contributed by atoms with Crippen molar-refractivity contribution in [2.75, 3.05) is 21.1 Å². The molecular formula is C15H18BrN3O3. The van der Waals surface area contributed by atoms with Crippen LogP contribution in [0, 0.1) is 5.92 Å². The molecule has 0 spiro atoms. The van der Waals surface area contributed by atoms with E-state index < -0.39 is 17.7 Å². The van der Waals surface area contributed by atoms with Crippen LogP contribution in [0.4, 0.5) is 4.79 Å². The van der Waals surface area contributed by atoms with Crippen LogP contribution < -0.4 is 10.1 Å². The van der Waals surface area contributed by atoms with Gasteiger partial charge in [-0.25, -0.2) is 4.79 Å². The Kier molecular flexibility index (Phi) is 3.36. The SMILES string of the molecule is CN(C)C(=O)C1C2NC(=O)N(C)C1(C)Oc1ccc(Br)cc12. The smallest absolute Gasteiger partial charge is 0.320 e. The van der Waals surface area contributed by atoms with Gasteiger partial charge in [0.1, 0.15) is 11.7 Å². The Morgan fingerprint density at radius 2 is 2.14 bits per heavy atom. The number of halogens is 1. The van der Waals surface area contributed by atoms with E-state index in [2.05, 4.69) is 21.2 Å². The first-order chi connectivity index (χ1) is 10.3. The van der Waals surface area contributed by atoms with E-state index in [-0.39, 0.29) is 11.9 Å². The van der Waals surface area contributed by atoms with E-state index in [4.69, 9.17) is 4.74 Å². The van der Waals surface area contributed by atoms with Crippen molar-refractivity contribution in [3.63, 3.8) is 0 Å². The minimum Gasteiger partial charge on any atom is -0.467 e. The number of rotatable bonds is 1. The number of urea groups is 1. The zero-order valence-electron chi connectivity index (χ0n) is 12.9. The zero-order chi connectivity index (χ0) is 16.2. The number of benzene rings is 1. The highest BCUT2D eigenvalue weighted by Gasteiger charge is 2.58. The Morgan fingerprint density at radius 3 is 2.77 bits per heavy atom. The number of amides is 3. The molecule has 0 saturated carbocycles. The Bertz CT molecular complexity index is 663. The number of nitrogens with one attached hydrogen (secondary N) is 1. The summed E-state index contributed by atoms with van der Waals surface area (Å²) in [6, 6.07) is 4.96. The van der Waals surface area contributed by atoms with Crippen LogP contribution in [0.3, 0.4) is 0 Å². The molecule has 2 aliphatic rings. The summed E-state index contributed by atoms with van der Waals surface area (Å²) in [5, 5.41) is 2.93. The van der Waals surface area contributed by atoms with Gasteiger partial charge in [0.05, 0.1) is 6.04 Å². The van der Waals surface area contributed by atoms with E-state index >= 15 is 0 Å². The molecule has 3 atom stereocenters. The van der Waals surface area contributed by atoms with Gasteiger partial charge in [0.15, 0.2) is 5.72 Å². The van der Waals surface area contributed by atoms with Crippen LogP contribution in [0.2, 0.25) is 0 Å². The molecule has 1 saturated heterocycles. The van der Waals surface area contributed by atoms with E-state index in [1.165, 1.54) is 9.80 Å². The van der Waals surface area contributed by atoms with E-state index in [1.807, 2.05) is 18.2 Å². The van der Waals surface area contributed by atoms with Crippen molar-refractivity contribution in [3.8, 4) is 5.75 Å². The maximum atomic E-state index is 12.7. The number of nitrogens with zero attached hydrogens (tertiary/aromatic N) is 2. The third kappa shape index (κ3) is 1.99. The normalized spacial score (nSPS) is 29.3. The molecule has 3 rings (SSSR count). The van der Waals surface area contributed by atoms with E-state index in [0.717, 1.165) is 10.0 Å². The minimum atomic E-state index is -1.02. The molecule has 118 valence electrons. The Labute approximate surface area is 137 Å². The van der Waals surface area contributed by atoms with Gasteiger partial charge < -0.3 is 15.0 Å². The Morgan fingerprint density at radius 1 is 1.45 bits per heavy atom. The highest BCUT2D eigenvalue weighted by atomic mass is 79.9. The quantitative estimate of drug-likeness (QED) is 0.825. The van der Waals surface area contributed by atoms with Crippen molar-refractivity contribution >= 4 is 27.9 Å². The van der Waals surface area contributed by atoms with Crippen LogP contribution in [0.25, 0.3) is 0 Å². The summed E-state index contributed by atoms with van der Waals surface area (Å²) in [7, 11) is 5.06. The number of ether oxygens (including phenoxy) is 1. The molecule has 6 nitrogen and oxygen atoms in total. The van der Waals surface area contributed by atoms with Crippen LogP contribution in [0.5, 0.6) is 5.75 Å². The average molecular weight is 368 g/mol. The maximum absolute atomic E-state index is 12.7. The van der Waals surface area contributed by atoms with Crippen LogP contribution in [-0.2, 0) is 4.79 Å². The fourth-order valence-electron chi connectivity index (χ4n) is 3.15. The van der Waals surface area contributed by atoms with Gasteiger partial charge in [-0.3, -0.25) is 9.69 Å². The molecule has 1 aromatic carbocycles. The van der Waals surface area contributed by atoms with Crippen molar-refractivity contribution in [3.05, 3.63) is 28.2 Å². The van der Waals surface area contributed by atoms with Gasteiger partial charge in [-0.1, -0.05) is 15.9 Å². The molecule has 22 heavy (non-hydrogen) atoms. The molecule has 0 radical (unpaired) electrons. The maximum Gasteiger partial charge on any atom is 0.320 e. The molecule has 1 aromatic rings. The van der Waals surface area contributed by atoms with Crippen molar-refractivity contribution in [1.82, 2.24) is 15.1 Å². The molecule has 1 N–H and O–H groups in total. The Balaban J connectivity index is 2.19. The standard InChI is InChI=1S/C15H18BrN3O3/c1-15-11(13(20)18(2)3)12(17-14(21)19(15)4)9-7-8(16)5-6-10(9)22-15/h5-7,11-12H,1-4H3,(H,17,21). The van der Waals surface area contributed by atoms with Gasteiger partial charge in [0.2, 0.25) is 5.91 Å². The van der Waals surface area contributed by atoms with Crippen LogP contribution >= 0.6 is 15.9 Å². The average Bonchev–Trinajstić information content (AvgIpc) is 2.45. The van der Waals surface area contributed by atoms with Gasteiger partial charge in [-0.05, 0) is 25.1 Å². The lowest BCUT2D eigenvalue weighted by Gasteiger charge is -2.54. The molecule has 3 amide bonds. The van der Waals surface area contributed by atoms with Crippen molar-refractivity contribution in [2.24, 2.45) is 5.92 Å². The summed E-state index contributed by atoms with van der Waals surface area (Å²) in [6.45, 7) is 1.79. The van der Waals surface area contributed by atoms with Crippen LogP contribution in [-0.4, -0.2) is 48.6 Å². The molecule has 2 aliphatic heterocycles. The largest absolute Gasteiger partial charge is 0.467 e. The zero-order valence-corrected chi connectivity index (χ0v) is 14.5. The summed E-state index contributed by atoms with van der Waals surface area (Å²) in [5.41, 5.74) is -0.205. The molecule has 7 heteroatoms. The first kappa shape index (κ1) is 15.1. The van der Waals surface area contributed by atoms with Gasteiger partial charge >= 0.3 is 6.03 Å². The lowest BCUT2D eigenvalue weighted by molar-refractivity contribution is -0.162. The molecule has 1 fully saturated rings. The molecule has 3 unspecified atom stereocenters. The first-order valence-corrected chi connectivity index (χ1v) is 7.79. The van der Waals surface area contributed by atoms with Gasteiger partial charge in [0, 0.05) is 31.2 Å². The fraction of sp³-hybridized carbons (Fsp3) is 0.467. The molecule has 0 aliphatic carbocycles. The Hall–Kier alpha value is -1.76. The minimum absolute atomic E-state index is 0.0787. The van der Waals surface area contributed by atoms with Crippen molar-refractivity contribution < 1.29 is 14.3 Å². The van der Waals surface area contributed by atoms with E-state index in [9.17, 15) is 9.59 Å². The first-order valence-electron chi connectivity index (χ1n) is 6.99. The fourth-order valence-corrected chi connectivity index (χ4v) is 3.53.